The van der Waals surface area contributed by atoms with Gasteiger partial charge in [0.25, 0.3) is 0 Å². The standard InChI is InChI=1S/C19H21Cl2FN2OS/c20-18-6-5-17(11-19(18)21)26-13-16(25)12-23-7-9-24(10-8-23)15-3-1-14(22)2-4-15/h1-6,11,16,25H,7-10,12-13H2/p+1/t16-/m1/s1. The molecule has 2 N–H and O–H groups in total. The molecule has 140 valence electrons. The third-order valence-electron chi connectivity index (χ3n) is 4.52. The fourth-order valence-electron chi connectivity index (χ4n) is 3.09. The minimum Gasteiger partial charge on any atom is -0.386 e. The lowest BCUT2D eigenvalue weighted by molar-refractivity contribution is -0.903. The minimum absolute atomic E-state index is 0.208. The van der Waals surface area contributed by atoms with Crippen molar-refractivity contribution in [1.29, 1.82) is 0 Å². The Morgan fingerprint density at radius 3 is 2.42 bits per heavy atom. The van der Waals surface area contributed by atoms with E-state index in [0.29, 0.717) is 15.8 Å². The number of quaternary nitrogens is 1. The van der Waals surface area contributed by atoms with Crippen molar-refractivity contribution >= 4 is 40.7 Å². The van der Waals surface area contributed by atoms with Gasteiger partial charge in [-0.3, -0.25) is 0 Å². The van der Waals surface area contributed by atoms with E-state index in [4.69, 9.17) is 23.2 Å². The summed E-state index contributed by atoms with van der Waals surface area (Å²) >= 11 is 13.5. The molecule has 0 spiro atoms. The van der Waals surface area contributed by atoms with Crippen LogP contribution in [0.25, 0.3) is 0 Å². The molecule has 0 unspecified atom stereocenters. The summed E-state index contributed by atoms with van der Waals surface area (Å²) in [4.78, 5) is 4.67. The Morgan fingerprint density at radius 2 is 1.77 bits per heavy atom. The van der Waals surface area contributed by atoms with Gasteiger partial charge in [-0.15, -0.1) is 11.8 Å². The third kappa shape index (κ3) is 5.51. The topological polar surface area (TPSA) is 27.9 Å². The molecule has 1 aliphatic heterocycles. The van der Waals surface area contributed by atoms with Gasteiger partial charge in [0, 0.05) is 16.3 Å². The lowest BCUT2D eigenvalue weighted by atomic mass is 10.2. The van der Waals surface area contributed by atoms with Crippen LogP contribution in [0.2, 0.25) is 10.0 Å². The number of piperazine rings is 1. The number of anilines is 1. The van der Waals surface area contributed by atoms with Crippen LogP contribution in [0.15, 0.2) is 47.4 Å². The Morgan fingerprint density at radius 1 is 1.08 bits per heavy atom. The number of nitrogens with one attached hydrogen (secondary N) is 1. The van der Waals surface area contributed by atoms with Gasteiger partial charge in [0.2, 0.25) is 0 Å². The number of hydrogen-bond acceptors (Lipinski definition) is 3. The number of rotatable bonds is 6. The molecule has 0 aromatic heterocycles. The predicted molar refractivity (Wildman–Crippen MR) is 107 cm³/mol. The molecule has 26 heavy (non-hydrogen) atoms. The molecular weight excluding hydrogens is 394 g/mol. The summed E-state index contributed by atoms with van der Waals surface area (Å²) in [5.41, 5.74) is 1.06. The van der Waals surface area contributed by atoms with Gasteiger partial charge < -0.3 is 14.9 Å². The first-order valence-electron chi connectivity index (χ1n) is 8.61. The van der Waals surface area contributed by atoms with E-state index in [0.717, 1.165) is 43.3 Å². The molecule has 0 aliphatic carbocycles. The molecule has 3 nitrogen and oxygen atoms in total. The van der Waals surface area contributed by atoms with Crippen molar-refractivity contribution < 1.29 is 14.4 Å². The Kier molecular flexibility index (Phi) is 7.06. The molecule has 0 saturated carbocycles. The molecule has 1 heterocycles. The lowest BCUT2D eigenvalue weighted by Crippen LogP contribution is -3.15. The fourth-order valence-corrected chi connectivity index (χ4v) is 4.32. The van der Waals surface area contributed by atoms with E-state index in [2.05, 4.69) is 4.90 Å². The highest BCUT2D eigenvalue weighted by Gasteiger charge is 2.22. The largest absolute Gasteiger partial charge is 0.386 e. The zero-order valence-corrected chi connectivity index (χ0v) is 16.6. The number of hydrogen-bond donors (Lipinski definition) is 2. The van der Waals surface area contributed by atoms with Gasteiger partial charge in [-0.2, -0.15) is 0 Å². The Bertz CT molecular complexity index is 724. The van der Waals surface area contributed by atoms with E-state index >= 15 is 0 Å². The quantitative estimate of drug-likeness (QED) is 0.710. The Labute approximate surface area is 167 Å². The van der Waals surface area contributed by atoms with Crippen LogP contribution in [0.1, 0.15) is 0 Å². The van der Waals surface area contributed by atoms with E-state index in [-0.39, 0.29) is 11.9 Å². The summed E-state index contributed by atoms with van der Waals surface area (Å²) in [5.74, 6) is 0.420. The van der Waals surface area contributed by atoms with E-state index in [1.54, 1.807) is 17.8 Å². The second kappa shape index (κ2) is 9.29. The first-order chi connectivity index (χ1) is 12.5. The number of nitrogens with zero attached hydrogens (tertiary/aromatic N) is 1. The molecule has 1 saturated heterocycles. The summed E-state index contributed by atoms with van der Waals surface area (Å²) < 4.78 is 13.0. The molecule has 2 aromatic rings. The summed E-state index contributed by atoms with van der Waals surface area (Å²) in [5, 5.41) is 11.4. The van der Waals surface area contributed by atoms with E-state index < -0.39 is 0 Å². The zero-order valence-electron chi connectivity index (χ0n) is 14.3. The van der Waals surface area contributed by atoms with Gasteiger partial charge >= 0.3 is 0 Å². The van der Waals surface area contributed by atoms with E-state index in [1.165, 1.54) is 17.0 Å². The summed E-state index contributed by atoms with van der Waals surface area (Å²) in [6.45, 7) is 4.48. The van der Waals surface area contributed by atoms with Crippen molar-refractivity contribution in [2.45, 2.75) is 11.0 Å². The first kappa shape index (κ1) is 19.8. The van der Waals surface area contributed by atoms with Crippen LogP contribution < -0.4 is 9.80 Å². The molecule has 3 rings (SSSR count). The molecule has 2 aromatic carbocycles. The second-order valence-electron chi connectivity index (χ2n) is 6.46. The zero-order chi connectivity index (χ0) is 18.5. The minimum atomic E-state index is -0.373. The summed E-state index contributed by atoms with van der Waals surface area (Å²) in [6, 6.07) is 12.2. The van der Waals surface area contributed by atoms with Gasteiger partial charge in [0.15, 0.2) is 0 Å². The van der Waals surface area contributed by atoms with Crippen molar-refractivity contribution in [3.63, 3.8) is 0 Å². The summed E-state index contributed by atoms with van der Waals surface area (Å²) in [6.07, 6.45) is -0.373. The van der Waals surface area contributed by atoms with Crippen LogP contribution in [0.5, 0.6) is 0 Å². The SMILES string of the molecule is O[C@@H](CSc1ccc(Cl)c(Cl)c1)C[NH+]1CCN(c2ccc(F)cc2)CC1. The average Bonchev–Trinajstić information content (AvgIpc) is 2.64. The second-order valence-corrected chi connectivity index (χ2v) is 8.37. The van der Waals surface area contributed by atoms with Gasteiger partial charge in [-0.25, -0.2) is 4.39 Å². The smallest absolute Gasteiger partial charge is 0.123 e. The Hall–Kier alpha value is -0.980. The lowest BCUT2D eigenvalue weighted by Gasteiger charge is -2.34. The first-order valence-corrected chi connectivity index (χ1v) is 10.4. The number of thioether (sulfide) groups is 1. The maximum atomic E-state index is 13.0. The van der Waals surface area contributed by atoms with E-state index in [9.17, 15) is 9.50 Å². The number of aliphatic hydroxyl groups excluding tert-OH is 1. The number of benzene rings is 2. The van der Waals surface area contributed by atoms with Crippen molar-refractivity contribution in [1.82, 2.24) is 0 Å². The van der Waals surface area contributed by atoms with Crippen molar-refractivity contribution in [3.8, 4) is 0 Å². The number of halogens is 3. The number of aliphatic hydroxyl groups is 1. The van der Waals surface area contributed by atoms with Gasteiger partial charge in [-0.05, 0) is 42.5 Å². The van der Waals surface area contributed by atoms with Crippen LogP contribution in [-0.2, 0) is 0 Å². The predicted octanol–water partition coefficient (Wildman–Crippen LogP) is 2.99. The normalized spacial score (nSPS) is 16.7. The van der Waals surface area contributed by atoms with Crippen molar-refractivity contribution in [2.24, 2.45) is 0 Å². The molecule has 0 amide bonds. The molecule has 1 fully saturated rings. The highest BCUT2D eigenvalue weighted by Crippen LogP contribution is 2.28. The molecule has 0 bridgehead atoms. The molecule has 7 heteroatoms. The van der Waals surface area contributed by atoms with Crippen LogP contribution >= 0.6 is 35.0 Å². The fraction of sp³-hybridized carbons (Fsp3) is 0.368. The average molecular weight is 416 g/mol. The third-order valence-corrected chi connectivity index (χ3v) is 6.40. The molecule has 1 atom stereocenters. The highest BCUT2D eigenvalue weighted by atomic mass is 35.5. The Balaban J connectivity index is 1.42. The molecule has 0 radical (unpaired) electrons. The maximum absolute atomic E-state index is 13.0. The van der Waals surface area contributed by atoms with E-state index in [1.807, 2.05) is 24.3 Å². The van der Waals surface area contributed by atoms with Gasteiger partial charge in [0.05, 0.1) is 36.2 Å². The highest BCUT2D eigenvalue weighted by molar-refractivity contribution is 7.99. The van der Waals surface area contributed by atoms with Crippen molar-refractivity contribution in [3.05, 3.63) is 58.3 Å². The monoisotopic (exact) mass is 415 g/mol. The molecule has 1 aliphatic rings. The van der Waals surface area contributed by atoms with Crippen LogP contribution in [0.4, 0.5) is 10.1 Å². The molecular formula is C19H22Cl2FN2OS+. The van der Waals surface area contributed by atoms with Crippen LogP contribution in [0.3, 0.4) is 0 Å². The maximum Gasteiger partial charge on any atom is 0.123 e. The summed E-state index contributed by atoms with van der Waals surface area (Å²) in [7, 11) is 0. The van der Waals surface area contributed by atoms with Crippen molar-refractivity contribution in [2.75, 3.05) is 43.4 Å². The van der Waals surface area contributed by atoms with Crippen LogP contribution in [0, 0.1) is 5.82 Å². The van der Waals surface area contributed by atoms with Gasteiger partial charge in [-0.1, -0.05) is 23.2 Å². The van der Waals surface area contributed by atoms with Crippen LogP contribution in [-0.4, -0.2) is 49.7 Å². The van der Waals surface area contributed by atoms with Gasteiger partial charge in [0.1, 0.15) is 18.5 Å².